The van der Waals surface area contributed by atoms with Crippen molar-refractivity contribution >= 4 is 17.6 Å². The number of benzene rings is 2. The Bertz CT molecular complexity index is 704. The average Bonchev–Trinajstić information content (AvgIpc) is 2.53. The molecule has 0 aliphatic carbocycles. The van der Waals surface area contributed by atoms with Gasteiger partial charge in [-0.3, -0.25) is 4.79 Å². The zero-order chi connectivity index (χ0) is 16.8. The molecule has 0 heterocycles. The van der Waals surface area contributed by atoms with Crippen LogP contribution >= 0.6 is 0 Å². The second-order valence-corrected chi connectivity index (χ2v) is 4.72. The van der Waals surface area contributed by atoms with Crippen LogP contribution in [0.3, 0.4) is 0 Å². The second-order valence-electron chi connectivity index (χ2n) is 4.72. The maximum Gasteiger partial charge on any atom is 0.320 e. The Kier molecular flexibility index (Phi) is 5.14. The van der Waals surface area contributed by atoms with Crippen LogP contribution in [0, 0.1) is 5.82 Å². The molecule has 0 fully saturated rings. The highest BCUT2D eigenvalue weighted by atomic mass is 19.1. The maximum atomic E-state index is 12.9. The summed E-state index contributed by atoms with van der Waals surface area (Å²) in [5.41, 5.74) is 6.18. The number of carbonyl (C=O) groups is 2. The molecule has 0 radical (unpaired) electrons. The van der Waals surface area contributed by atoms with E-state index in [1.807, 2.05) is 0 Å². The molecule has 120 valence electrons. The number of primary amides is 1. The zero-order valence-corrected chi connectivity index (χ0v) is 12.4. The molecular formula is C16H16FN3O3. The molecule has 4 N–H and O–H groups in total. The lowest BCUT2D eigenvalue weighted by Gasteiger charge is -2.16. The van der Waals surface area contributed by atoms with E-state index in [0.29, 0.717) is 17.0 Å². The van der Waals surface area contributed by atoms with Crippen molar-refractivity contribution in [2.24, 2.45) is 5.73 Å². The predicted molar refractivity (Wildman–Crippen MR) is 83.5 cm³/mol. The SMILES string of the molecule is COc1cccc(NC(=O)N[C@@H](C(N)=O)c2ccc(F)cc2)c1. The Balaban J connectivity index is 2.09. The van der Waals surface area contributed by atoms with Gasteiger partial charge in [0, 0.05) is 11.8 Å². The topological polar surface area (TPSA) is 93.4 Å². The van der Waals surface area contributed by atoms with Crippen LogP contribution in [0.2, 0.25) is 0 Å². The number of nitrogens with one attached hydrogen (secondary N) is 2. The summed E-state index contributed by atoms with van der Waals surface area (Å²) in [5, 5.41) is 5.02. The van der Waals surface area contributed by atoms with Crippen LogP contribution in [0.5, 0.6) is 5.75 Å². The molecule has 0 saturated heterocycles. The van der Waals surface area contributed by atoms with E-state index in [0.717, 1.165) is 0 Å². The van der Waals surface area contributed by atoms with Gasteiger partial charge in [0.25, 0.3) is 0 Å². The summed E-state index contributed by atoms with van der Waals surface area (Å²) >= 11 is 0. The standard InChI is InChI=1S/C16H16FN3O3/c1-23-13-4-2-3-12(9-13)19-16(22)20-14(15(18)21)10-5-7-11(17)8-6-10/h2-9,14H,1H3,(H2,18,21)(H2,19,20,22)/t14-/m1/s1. The molecule has 0 spiro atoms. The van der Waals surface area contributed by atoms with E-state index in [4.69, 9.17) is 10.5 Å². The molecule has 0 saturated carbocycles. The summed E-state index contributed by atoms with van der Waals surface area (Å²) in [6.07, 6.45) is 0. The highest BCUT2D eigenvalue weighted by Gasteiger charge is 2.20. The fraction of sp³-hybridized carbons (Fsp3) is 0.125. The van der Waals surface area contributed by atoms with Crippen molar-refractivity contribution in [3.8, 4) is 5.75 Å². The van der Waals surface area contributed by atoms with E-state index in [-0.39, 0.29) is 0 Å². The second kappa shape index (κ2) is 7.26. The monoisotopic (exact) mass is 317 g/mol. The number of urea groups is 1. The van der Waals surface area contributed by atoms with Gasteiger partial charge in [-0.15, -0.1) is 0 Å². The zero-order valence-electron chi connectivity index (χ0n) is 12.4. The summed E-state index contributed by atoms with van der Waals surface area (Å²) in [6, 6.07) is 10.2. The van der Waals surface area contributed by atoms with Gasteiger partial charge < -0.3 is 21.1 Å². The number of halogens is 1. The van der Waals surface area contributed by atoms with Crippen molar-refractivity contribution in [2.75, 3.05) is 12.4 Å². The van der Waals surface area contributed by atoms with Crippen molar-refractivity contribution in [1.82, 2.24) is 5.32 Å². The molecule has 7 heteroatoms. The van der Waals surface area contributed by atoms with Gasteiger partial charge in [0.15, 0.2) is 0 Å². The number of hydrogen-bond acceptors (Lipinski definition) is 3. The minimum absolute atomic E-state index is 0.389. The fourth-order valence-corrected chi connectivity index (χ4v) is 1.97. The Morgan fingerprint density at radius 1 is 1.17 bits per heavy atom. The van der Waals surface area contributed by atoms with E-state index in [1.165, 1.54) is 31.4 Å². The lowest BCUT2D eigenvalue weighted by Crippen LogP contribution is -2.39. The van der Waals surface area contributed by atoms with Gasteiger partial charge in [-0.25, -0.2) is 9.18 Å². The first-order chi connectivity index (χ1) is 11.0. The number of carbonyl (C=O) groups excluding carboxylic acids is 2. The molecule has 2 aromatic rings. The van der Waals surface area contributed by atoms with Crippen molar-refractivity contribution in [3.05, 3.63) is 59.9 Å². The number of hydrogen-bond donors (Lipinski definition) is 3. The average molecular weight is 317 g/mol. The van der Waals surface area contributed by atoms with E-state index in [1.54, 1.807) is 24.3 Å². The van der Waals surface area contributed by atoms with Crippen LogP contribution in [0.1, 0.15) is 11.6 Å². The number of methoxy groups -OCH3 is 1. The van der Waals surface area contributed by atoms with Gasteiger partial charge in [0.2, 0.25) is 5.91 Å². The molecule has 3 amide bonds. The quantitative estimate of drug-likeness (QED) is 0.789. The lowest BCUT2D eigenvalue weighted by atomic mass is 10.1. The molecule has 1 atom stereocenters. The summed E-state index contributed by atoms with van der Waals surface area (Å²) in [7, 11) is 1.51. The minimum atomic E-state index is -1.07. The Hall–Kier alpha value is -3.09. The van der Waals surface area contributed by atoms with Crippen LogP contribution in [0.15, 0.2) is 48.5 Å². The first kappa shape index (κ1) is 16.3. The van der Waals surface area contributed by atoms with E-state index >= 15 is 0 Å². The van der Waals surface area contributed by atoms with Gasteiger partial charge in [-0.1, -0.05) is 18.2 Å². The highest BCUT2D eigenvalue weighted by molar-refractivity contribution is 5.93. The predicted octanol–water partition coefficient (Wildman–Crippen LogP) is 2.18. The van der Waals surface area contributed by atoms with Crippen LogP contribution in [-0.4, -0.2) is 19.0 Å². The number of anilines is 1. The molecule has 2 rings (SSSR count). The van der Waals surface area contributed by atoms with Crippen LogP contribution in [0.25, 0.3) is 0 Å². The first-order valence-electron chi connectivity index (χ1n) is 6.76. The Morgan fingerprint density at radius 2 is 1.87 bits per heavy atom. The number of amides is 3. The van der Waals surface area contributed by atoms with E-state index in [9.17, 15) is 14.0 Å². The van der Waals surface area contributed by atoms with Crippen molar-refractivity contribution in [1.29, 1.82) is 0 Å². The molecule has 0 aliphatic heterocycles. The maximum absolute atomic E-state index is 12.9. The smallest absolute Gasteiger partial charge is 0.320 e. The molecule has 2 aromatic carbocycles. The molecule has 0 aliphatic rings. The third kappa shape index (κ3) is 4.44. The van der Waals surface area contributed by atoms with E-state index in [2.05, 4.69) is 10.6 Å². The largest absolute Gasteiger partial charge is 0.497 e. The van der Waals surface area contributed by atoms with Gasteiger partial charge in [0.05, 0.1) is 7.11 Å². The fourth-order valence-electron chi connectivity index (χ4n) is 1.97. The van der Waals surface area contributed by atoms with E-state index < -0.39 is 23.8 Å². The van der Waals surface area contributed by atoms with Crippen LogP contribution in [0.4, 0.5) is 14.9 Å². The molecule has 0 unspecified atom stereocenters. The first-order valence-corrected chi connectivity index (χ1v) is 6.76. The van der Waals surface area contributed by atoms with Gasteiger partial charge >= 0.3 is 6.03 Å². The normalized spacial score (nSPS) is 11.4. The molecule has 23 heavy (non-hydrogen) atoms. The number of ether oxygens (including phenoxy) is 1. The van der Waals surface area contributed by atoms with Gasteiger partial charge in [-0.05, 0) is 29.8 Å². The van der Waals surface area contributed by atoms with Crippen LogP contribution < -0.4 is 21.1 Å². The molecular weight excluding hydrogens is 301 g/mol. The third-order valence-corrected chi connectivity index (χ3v) is 3.09. The van der Waals surface area contributed by atoms with Crippen LogP contribution in [-0.2, 0) is 4.79 Å². The molecule has 0 bridgehead atoms. The number of nitrogens with two attached hydrogens (primary N) is 1. The number of rotatable bonds is 5. The molecule has 0 aromatic heterocycles. The van der Waals surface area contributed by atoms with Gasteiger partial charge in [-0.2, -0.15) is 0 Å². The summed E-state index contributed by atoms with van der Waals surface area (Å²) in [4.78, 5) is 23.6. The van der Waals surface area contributed by atoms with Crippen molar-refractivity contribution in [2.45, 2.75) is 6.04 Å². The minimum Gasteiger partial charge on any atom is -0.497 e. The van der Waals surface area contributed by atoms with Crippen molar-refractivity contribution < 1.29 is 18.7 Å². The Labute approximate surface area is 132 Å². The highest BCUT2D eigenvalue weighted by Crippen LogP contribution is 2.17. The summed E-state index contributed by atoms with van der Waals surface area (Å²) in [5.74, 6) is -0.622. The summed E-state index contributed by atoms with van der Waals surface area (Å²) < 4.78 is 18.0. The Morgan fingerprint density at radius 3 is 2.48 bits per heavy atom. The molecule has 6 nitrogen and oxygen atoms in total. The van der Waals surface area contributed by atoms with Gasteiger partial charge in [0.1, 0.15) is 17.6 Å². The summed E-state index contributed by atoms with van der Waals surface area (Å²) in [6.45, 7) is 0. The lowest BCUT2D eigenvalue weighted by molar-refractivity contribution is -0.119. The third-order valence-electron chi connectivity index (χ3n) is 3.09. The van der Waals surface area contributed by atoms with Crippen molar-refractivity contribution in [3.63, 3.8) is 0 Å².